The maximum atomic E-state index is 11.4. The molecule has 0 N–H and O–H groups in total. The van der Waals surface area contributed by atoms with Crippen LogP contribution in [0.2, 0.25) is 0 Å². The van der Waals surface area contributed by atoms with Gasteiger partial charge in [0, 0.05) is 16.7 Å². The van der Waals surface area contributed by atoms with Crippen LogP contribution in [0.5, 0.6) is 0 Å². The number of esters is 1. The highest BCUT2D eigenvalue weighted by atomic mass is 127. The van der Waals surface area contributed by atoms with Gasteiger partial charge >= 0.3 is 5.97 Å². The number of hydrogen-bond acceptors (Lipinski definition) is 3. The molecule has 2 rings (SSSR count). The van der Waals surface area contributed by atoms with Gasteiger partial charge in [0.05, 0.1) is 13.0 Å². The van der Waals surface area contributed by atoms with Crippen molar-refractivity contribution in [3.63, 3.8) is 0 Å². The minimum Gasteiger partial charge on any atom is -0.469 e. The molecule has 1 aliphatic rings. The summed E-state index contributed by atoms with van der Waals surface area (Å²) in [4.78, 5) is 13.7. The molecule has 1 aromatic rings. The predicted molar refractivity (Wildman–Crippen MR) is 74.6 cm³/mol. The van der Waals surface area contributed by atoms with Crippen molar-refractivity contribution in [2.45, 2.75) is 13.0 Å². The summed E-state index contributed by atoms with van der Waals surface area (Å²) in [6.07, 6.45) is 0.914. The molecule has 1 heterocycles. The maximum Gasteiger partial charge on any atom is 0.310 e. The lowest BCUT2D eigenvalue weighted by Crippen LogP contribution is -2.23. The van der Waals surface area contributed by atoms with Crippen LogP contribution in [0.1, 0.15) is 12.0 Å². The average Bonchev–Trinajstić information content (AvgIpc) is 2.80. The van der Waals surface area contributed by atoms with Crippen molar-refractivity contribution in [2.75, 3.05) is 20.2 Å². The monoisotopic (exact) mass is 345 g/mol. The van der Waals surface area contributed by atoms with Crippen LogP contribution in [-0.4, -0.2) is 31.1 Å². The molecule has 1 aromatic carbocycles. The molecule has 0 aliphatic carbocycles. The van der Waals surface area contributed by atoms with Crippen molar-refractivity contribution in [3.8, 4) is 0 Å². The highest BCUT2D eigenvalue weighted by molar-refractivity contribution is 14.1. The lowest BCUT2D eigenvalue weighted by Gasteiger charge is -2.15. The van der Waals surface area contributed by atoms with Gasteiger partial charge in [0.25, 0.3) is 0 Å². The van der Waals surface area contributed by atoms with Crippen molar-refractivity contribution < 1.29 is 9.53 Å². The summed E-state index contributed by atoms with van der Waals surface area (Å²) in [5, 5.41) is 0. The van der Waals surface area contributed by atoms with E-state index in [9.17, 15) is 4.79 Å². The van der Waals surface area contributed by atoms with E-state index < -0.39 is 0 Å². The van der Waals surface area contributed by atoms with Crippen LogP contribution < -0.4 is 0 Å². The van der Waals surface area contributed by atoms with Crippen molar-refractivity contribution >= 4 is 28.6 Å². The molecule has 92 valence electrons. The SMILES string of the molecule is COC(=O)C1CCN(Cc2ccc(I)cc2)C1. The second-order valence-electron chi connectivity index (χ2n) is 4.37. The third-order valence-corrected chi connectivity index (χ3v) is 3.85. The normalized spacial score (nSPS) is 20.5. The van der Waals surface area contributed by atoms with Crippen LogP contribution in [0.15, 0.2) is 24.3 Å². The summed E-state index contributed by atoms with van der Waals surface area (Å²) in [5.41, 5.74) is 1.30. The van der Waals surface area contributed by atoms with Crippen molar-refractivity contribution in [1.29, 1.82) is 0 Å². The number of halogens is 1. The second kappa shape index (κ2) is 5.82. The van der Waals surface area contributed by atoms with Gasteiger partial charge in [-0.3, -0.25) is 9.69 Å². The van der Waals surface area contributed by atoms with Gasteiger partial charge in [-0.05, 0) is 53.3 Å². The van der Waals surface area contributed by atoms with Crippen LogP contribution in [0.3, 0.4) is 0 Å². The Morgan fingerprint density at radius 3 is 2.82 bits per heavy atom. The van der Waals surface area contributed by atoms with Gasteiger partial charge in [0.1, 0.15) is 0 Å². The molecule has 0 bridgehead atoms. The van der Waals surface area contributed by atoms with Crippen LogP contribution in [0, 0.1) is 9.49 Å². The first-order valence-electron chi connectivity index (χ1n) is 5.73. The largest absolute Gasteiger partial charge is 0.469 e. The summed E-state index contributed by atoms with van der Waals surface area (Å²) >= 11 is 2.30. The number of rotatable bonds is 3. The number of carbonyl (C=O) groups excluding carboxylic acids is 1. The van der Waals surface area contributed by atoms with E-state index in [-0.39, 0.29) is 11.9 Å². The molecule has 1 saturated heterocycles. The Labute approximate surface area is 115 Å². The molecule has 1 fully saturated rings. The van der Waals surface area contributed by atoms with E-state index in [0.717, 1.165) is 26.1 Å². The zero-order valence-corrected chi connectivity index (χ0v) is 12.0. The smallest absolute Gasteiger partial charge is 0.310 e. The van der Waals surface area contributed by atoms with E-state index in [2.05, 4.69) is 51.8 Å². The molecule has 3 nitrogen and oxygen atoms in total. The Morgan fingerprint density at radius 1 is 1.47 bits per heavy atom. The number of likely N-dealkylation sites (tertiary alicyclic amines) is 1. The van der Waals surface area contributed by atoms with E-state index in [1.807, 2.05) is 0 Å². The van der Waals surface area contributed by atoms with Crippen LogP contribution in [-0.2, 0) is 16.1 Å². The number of nitrogens with zero attached hydrogens (tertiary/aromatic N) is 1. The summed E-state index contributed by atoms with van der Waals surface area (Å²) in [6, 6.07) is 8.52. The van der Waals surface area contributed by atoms with Crippen LogP contribution in [0.4, 0.5) is 0 Å². The van der Waals surface area contributed by atoms with Gasteiger partial charge in [-0.25, -0.2) is 0 Å². The highest BCUT2D eigenvalue weighted by Gasteiger charge is 2.28. The number of methoxy groups -OCH3 is 1. The summed E-state index contributed by atoms with van der Waals surface area (Å²) in [5.74, 6) is -0.0149. The summed E-state index contributed by atoms with van der Waals surface area (Å²) in [6.45, 7) is 2.72. The first-order chi connectivity index (χ1) is 8.19. The van der Waals surface area contributed by atoms with Gasteiger partial charge in [0.2, 0.25) is 0 Å². The van der Waals surface area contributed by atoms with Crippen molar-refractivity contribution in [1.82, 2.24) is 4.90 Å². The molecular weight excluding hydrogens is 329 g/mol. The Hall–Kier alpha value is -0.620. The van der Waals surface area contributed by atoms with Crippen molar-refractivity contribution in [3.05, 3.63) is 33.4 Å². The first-order valence-corrected chi connectivity index (χ1v) is 6.81. The standard InChI is InChI=1S/C13H16INO2/c1-17-13(16)11-6-7-15(9-11)8-10-2-4-12(14)5-3-10/h2-5,11H,6-9H2,1H3. The van der Waals surface area contributed by atoms with E-state index in [1.165, 1.54) is 16.2 Å². The third kappa shape index (κ3) is 3.42. The molecular formula is C13H16INO2. The third-order valence-electron chi connectivity index (χ3n) is 3.13. The maximum absolute atomic E-state index is 11.4. The topological polar surface area (TPSA) is 29.5 Å². The van der Waals surface area contributed by atoms with Gasteiger partial charge in [-0.15, -0.1) is 0 Å². The van der Waals surface area contributed by atoms with Gasteiger partial charge in [-0.1, -0.05) is 12.1 Å². The van der Waals surface area contributed by atoms with E-state index >= 15 is 0 Å². The lowest BCUT2D eigenvalue weighted by molar-refractivity contribution is -0.144. The first kappa shape index (κ1) is 12.8. The molecule has 0 amide bonds. The number of hydrogen-bond donors (Lipinski definition) is 0. The second-order valence-corrected chi connectivity index (χ2v) is 5.62. The molecule has 0 aromatic heterocycles. The number of carbonyl (C=O) groups is 1. The fraction of sp³-hybridized carbons (Fsp3) is 0.462. The molecule has 1 atom stereocenters. The molecule has 0 spiro atoms. The van der Waals surface area contributed by atoms with Crippen LogP contribution >= 0.6 is 22.6 Å². The molecule has 4 heteroatoms. The fourth-order valence-corrected chi connectivity index (χ4v) is 2.54. The van der Waals surface area contributed by atoms with E-state index in [4.69, 9.17) is 4.74 Å². The number of benzene rings is 1. The molecule has 1 aliphatic heterocycles. The summed E-state index contributed by atoms with van der Waals surface area (Å²) < 4.78 is 6.03. The average molecular weight is 345 g/mol. The van der Waals surface area contributed by atoms with E-state index in [1.54, 1.807) is 0 Å². The quantitative estimate of drug-likeness (QED) is 0.622. The minimum absolute atomic E-state index is 0.0591. The van der Waals surface area contributed by atoms with Gasteiger partial charge in [0.15, 0.2) is 0 Å². The highest BCUT2D eigenvalue weighted by Crippen LogP contribution is 2.20. The Morgan fingerprint density at radius 2 is 2.18 bits per heavy atom. The molecule has 0 radical (unpaired) electrons. The number of ether oxygens (including phenoxy) is 1. The summed E-state index contributed by atoms with van der Waals surface area (Å²) in [7, 11) is 1.46. The van der Waals surface area contributed by atoms with Crippen LogP contribution in [0.25, 0.3) is 0 Å². The molecule has 17 heavy (non-hydrogen) atoms. The van der Waals surface area contributed by atoms with Crippen molar-refractivity contribution in [2.24, 2.45) is 5.92 Å². The Bertz CT molecular complexity index is 391. The predicted octanol–water partition coefficient (Wildman–Crippen LogP) is 2.29. The zero-order valence-electron chi connectivity index (χ0n) is 9.86. The molecule has 0 saturated carbocycles. The van der Waals surface area contributed by atoms with Gasteiger partial charge in [-0.2, -0.15) is 0 Å². The Kier molecular flexibility index (Phi) is 4.39. The van der Waals surface area contributed by atoms with E-state index in [0.29, 0.717) is 0 Å². The zero-order chi connectivity index (χ0) is 12.3. The molecule has 1 unspecified atom stereocenters. The fourth-order valence-electron chi connectivity index (χ4n) is 2.18. The Balaban J connectivity index is 1.89. The lowest BCUT2D eigenvalue weighted by atomic mass is 10.1. The van der Waals surface area contributed by atoms with Gasteiger partial charge < -0.3 is 4.74 Å². The minimum atomic E-state index is -0.0740.